The van der Waals surface area contributed by atoms with Gasteiger partial charge in [0.25, 0.3) is 5.91 Å². The van der Waals surface area contributed by atoms with Crippen LogP contribution in [0.15, 0.2) is 58.1 Å². The Balaban J connectivity index is 1.36. The summed E-state index contributed by atoms with van der Waals surface area (Å²) in [7, 11) is 1.76. The molecule has 2 heterocycles. The minimum atomic E-state index is -0.211. The third-order valence-electron chi connectivity index (χ3n) is 4.90. The van der Waals surface area contributed by atoms with Crippen molar-refractivity contribution in [1.29, 1.82) is 0 Å². The first-order chi connectivity index (χ1) is 13.8. The fourth-order valence-electron chi connectivity index (χ4n) is 3.44. The van der Waals surface area contributed by atoms with Crippen molar-refractivity contribution in [1.82, 2.24) is 20.9 Å². The van der Waals surface area contributed by atoms with Crippen molar-refractivity contribution >= 4 is 11.9 Å². The molecular weight excluding hydrogens is 354 g/mol. The van der Waals surface area contributed by atoms with E-state index in [1.807, 2.05) is 0 Å². The first kappa shape index (κ1) is 19.9. The Morgan fingerprint density at radius 3 is 2.71 bits per heavy atom. The molecule has 1 aromatic heterocycles. The van der Waals surface area contributed by atoms with Crippen molar-refractivity contribution in [3.05, 3.63) is 60.1 Å². The molecule has 1 aromatic carbocycles. The fourth-order valence-corrected chi connectivity index (χ4v) is 3.44. The molecule has 1 unspecified atom stereocenters. The van der Waals surface area contributed by atoms with E-state index in [0.717, 1.165) is 25.6 Å². The van der Waals surface area contributed by atoms with Crippen LogP contribution in [0.2, 0.25) is 0 Å². The fraction of sp³-hybridized carbons (Fsp3) is 0.429. The van der Waals surface area contributed by atoms with Gasteiger partial charge in [-0.05, 0) is 37.1 Å². The summed E-state index contributed by atoms with van der Waals surface area (Å²) in [6.45, 7) is 4.05. The summed E-state index contributed by atoms with van der Waals surface area (Å²) >= 11 is 0. The van der Waals surface area contributed by atoms with E-state index in [0.29, 0.717) is 24.9 Å². The van der Waals surface area contributed by atoms with Crippen LogP contribution in [0.3, 0.4) is 0 Å². The molecule has 0 radical (unpaired) electrons. The number of benzene rings is 1. The lowest BCUT2D eigenvalue weighted by atomic mass is 10.2. The number of nitrogens with one attached hydrogen (secondary N) is 3. The van der Waals surface area contributed by atoms with Gasteiger partial charge in [-0.1, -0.05) is 30.3 Å². The normalized spacial score (nSPS) is 17.5. The van der Waals surface area contributed by atoms with Crippen molar-refractivity contribution in [2.24, 2.45) is 4.99 Å². The van der Waals surface area contributed by atoms with Gasteiger partial charge in [-0.15, -0.1) is 0 Å². The predicted octanol–water partition coefficient (Wildman–Crippen LogP) is 1.84. The molecule has 1 aliphatic heterocycles. The molecule has 0 saturated carbocycles. The van der Waals surface area contributed by atoms with Crippen LogP contribution in [0.5, 0.6) is 0 Å². The van der Waals surface area contributed by atoms with Gasteiger partial charge in [0.1, 0.15) is 0 Å². The van der Waals surface area contributed by atoms with E-state index >= 15 is 0 Å². The SMILES string of the molecule is CN=C(NCCNC(=O)c1ccco1)NCC1CCCN1Cc1ccccc1. The number of amides is 1. The monoisotopic (exact) mass is 383 g/mol. The second-order valence-electron chi connectivity index (χ2n) is 6.87. The summed E-state index contributed by atoms with van der Waals surface area (Å²) in [5, 5.41) is 9.45. The third kappa shape index (κ3) is 5.85. The highest BCUT2D eigenvalue weighted by molar-refractivity contribution is 5.91. The summed E-state index contributed by atoms with van der Waals surface area (Å²) in [4.78, 5) is 18.6. The van der Waals surface area contributed by atoms with Crippen molar-refractivity contribution < 1.29 is 9.21 Å². The Bertz CT molecular complexity index is 745. The number of likely N-dealkylation sites (tertiary alicyclic amines) is 1. The van der Waals surface area contributed by atoms with Gasteiger partial charge in [0, 0.05) is 39.3 Å². The van der Waals surface area contributed by atoms with Crippen LogP contribution in [-0.4, -0.2) is 56.0 Å². The molecule has 3 rings (SSSR count). The second kappa shape index (κ2) is 10.5. The van der Waals surface area contributed by atoms with Gasteiger partial charge < -0.3 is 20.4 Å². The molecule has 2 aromatic rings. The molecule has 0 aliphatic carbocycles. The van der Waals surface area contributed by atoms with Crippen LogP contribution >= 0.6 is 0 Å². The number of nitrogens with zero attached hydrogens (tertiary/aromatic N) is 2. The molecule has 7 nitrogen and oxygen atoms in total. The Hall–Kier alpha value is -2.80. The van der Waals surface area contributed by atoms with Gasteiger partial charge in [0.15, 0.2) is 11.7 Å². The number of guanidine groups is 1. The molecule has 1 atom stereocenters. The first-order valence-corrected chi connectivity index (χ1v) is 9.80. The molecule has 3 N–H and O–H groups in total. The van der Waals surface area contributed by atoms with Crippen molar-refractivity contribution in [2.75, 3.05) is 33.2 Å². The highest BCUT2D eigenvalue weighted by Gasteiger charge is 2.24. The summed E-state index contributed by atoms with van der Waals surface area (Å²) in [5.41, 5.74) is 1.35. The van der Waals surface area contributed by atoms with Crippen molar-refractivity contribution in [3.8, 4) is 0 Å². The highest BCUT2D eigenvalue weighted by atomic mass is 16.3. The van der Waals surface area contributed by atoms with Gasteiger partial charge in [0.2, 0.25) is 0 Å². The topological polar surface area (TPSA) is 81.9 Å². The molecule has 1 amide bonds. The quantitative estimate of drug-likeness (QED) is 0.368. The standard InChI is InChI=1S/C21H29N5O2/c1-22-21(24-12-11-23-20(27)19-10-6-14-28-19)25-15-18-9-5-13-26(18)16-17-7-3-2-4-8-17/h2-4,6-8,10,14,18H,5,9,11-13,15-16H2,1H3,(H,23,27)(H2,22,24,25). The number of carbonyl (C=O) groups excluding carboxylic acids is 1. The zero-order valence-corrected chi connectivity index (χ0v) is 16.4. The summed E-state index contributed by atoms with van der Waals surface area (Å²) in [6.07, 6.45) is 3.91. The molecule has 28 heavy (non-hydrogen) atoms. The number of hydrogen-bond donors (Lipinski definition) is 3. The lowest BCUT2D eigenvalue weighted by Gasteiger charge is -2.25. The van der Waals surface area contributed by atoms with E-state index in [2.05, 4.69) is 56.2 Å². The highest BCUT2D eigenvalue weighted by Crippen LogP contribution is 2.19. The number of hydrogen-bond acceptors (Lipinski definition) is 4. The molecular formula is C21H29N5O2. The maximum absolute atomic E-state index is 11.8. The van der Waals surface area contributed by atoms with E-state index < -0.39 is 0 Å². The largest absolute Gasteiger partial charge is 0.459 e. The first-order valence-electron chi connectivity index (χ1n) is 9.80. The summed E-state index contributed by atoms with van der Waals surface area (Å²) < 4.78 is 5.07. The van der Waals surface area contributed by atoms with Crippen molar-refractivity contribution in [3.63, 3.8) is 0 Å². The Morgan fingerprint density at radius 1 is 1.14 bits per heavy atom. The molecule has 0 bridgehead atoms. The summed E-state index contributed by atoms with van der Waals surface area (Å²) in [6, 6.07) is 14.4. The molecule has 1 aliphatic rings. The predicted molar refractivity (Wildman–Crippen MR) is 110 cm³/mol. The van der Waals surface area contributed by atoms with Crippen LogP contribution in [0.25, 0.3) is 0 Å². The lowest BCUT2D eigenvalue weighted by molar-refractivity contribution is 0.0926. The van der Waals surface area contributed by atoms with Gasteiger partial charge in [0.05, 0.1) is 6.26 Å². The van der Waals surface area contributed by atoms with E-state index in [1.165, 1.54) is 24.7 Å². The molecule has 7 heteroatoms. The number of carbonyl (C=O) groups is 1. The van der Waals surface area contributed by atoms with Crippen LogP contribution in [0, 0.1) is 0 Å². The third-order valence-corrected chi connectivity index (χ3v) is 4.90. The minimum Gasteiger partial charge on any atom is -0.459 e. The maximum atomic E-state index is 11.8. The molecule has 150 valence electrons. The lowest BCUT2D eigenvalue weighted by Crippen LogP contribution is -2.46. The van der Waals surface area contributed by atoms with Gasteiger partial charge in [-0.2, -0.15) is 0 Å². The van der Waals surface area contributed by atoms with E-state index in [4.69, 9.17) is 4.42 Å². The Kier molecular flexibility index (Phi) is 7.49. The Labute approximate surface area is 166 Å². The zero-order chi connectivity index (χ0) is 19.6. The molecule has 1 fully saturated rings. The number of rotatable bonds is 8. The minimum absolute atomic E-state index is 0.211. The van der Waals surface area contributed by atoms with Crippen LogP contribution < -0.4 is 16.0 Å². The zero-order valence-electron chi connectivity index (χ0n) is 16.4. The van der Waals surface area contributed by atoms with Gasteiger partial charge in [-0.25, -0.2) is 0 Å². The van der Waals surface area contributed by atoms with E-state index in [9.17, 15) is 4.79 Å². The van der Waals surface area contributed by atoms with Gasteiger partial charge >= 0.3 is 0 Å². The molecule has 0 spiro atoms. The van der Waals surface area contributed by atoms with Crippen LogP contribution in [0.1, 0.15) is 29.0 Å². The number of furan rings is 1. The van der Waals surface area contributed by atoms with Crippen LogP contribution in [0.4, 0.5) is 0 Å². The second-order valence-corrected chi connectivity index (χ2v) is 6.87. The molecule has 1 saturated heterocycles. The van der Waals surface area contributed by atoms with Crippen molar-refractivity contribution in [2.45, 2.75) is 25.4 Å². The Morgan fingerprint density at radius 2 is 1.96 bits per heavy atom. The van der Waals surface area contributed by atoms with E-state index in [1.54, 1.807) is 19.2 Å². The number of aliphatic imine (C=N–C) groups is 1. The van der Waals surface area contributed by atoms with Gasteiger partial charge in [-0.3, -0.25) is 14.7 Å². The maximum Gasteiger partial charge on any atom is 0.287 e. The smallest absolute Gasteiger partial charge is 0.287 e. The van der Waals surface area contributed by atoms with E-state index in [-0.39, 0.29) is 5.91 Å². The summed E-state index contributed by atoms with van der Waals surface area (Å²) in [5.74, 6) is 0.860. The average molecular weight is 383 g/mol. The van der Waals surface area contributed by atoms with Crippen LogP contribution in [-0.2, 0) is 6.54 Å². The average Bonchev–Trinajstić information content (AvgIpc) is 3.40.